The van der Waals surface area contributed by atoms with E-state index in [4.69, 9.17) is 10.7 Å². The van der Waals surface area contributed by atoms with Crippen LogP contribution in [0.2, 0.25) is 0 Å². The first-order chi connectivity index (χ1) is 10.8. The van der Waals surface area contributed by atoms with Gasteiger partial charge in [0.1, 0.15) is 6.33 Å². The average Bonchev–Trinajstić information content (AvgIpc) is 3.00. The lowest BCUT2D eigenvalue weighted by atomic mass is 9.81. The first-order valence-electron chi connectivity index (χ1n) is 7.62. The summed E-state index contributed by atoms with van der Waals surface area (Å²) in [6.07, 6.45) is 8.81. The Balaban J connectivity index is 1.81. The molecule has 0 radical (unpaired) electrons. The number of thioether (sulfide) groups is 1. The van der Waals surface area contributed by atoms with Gasteiger partial charge in [-0.2, -0.15) is 0 Å². The van der Waals surface area contributed by atoms with Gasteiger partial charge in [-0.05, 0) is 36.0 Å². The molecule has 1 aliphatic heterocycles. The Labute approximate surface area is 134 Å². The molecular formula is C17H18N4S. The fraction of sp³-hybridized carbons (Fsp3) is 0.353. The average molecular weight is 310 g/mol. The standard InChI is InChI=1S/C17H18N4S/c18-16-21-17(6-2-5-15(17)10-22-16)14-4-1-3-12(7-14)13-8-19-11-20-9-13/h1,3-4,7-9,11,15H,2,5-6,10H2,(H2,18,21)/t15-,17?/m0/s1. The molecule has 0 saturated heterocycles. The minimum Gasteiger partial charge on any atom is -0.379 e. The van der Waals surface area contributed by atoms with Crippen LogP contribution in [0.1, 0.15) is 24.8 Å². The smallest absolute Gasteiger partial charge is 0.154 e. The number of hydrogen-bond acceptors (Lipinski definition) is 5. The SMILES string of the molecule is NC1=NC2(c3cccc(-c4cncnc4)c3)CCC[C@H]2CS1. The van der Waals surface area contributed by atoms with E-state index in [2.05, 4.69) is 34.2 Å². The van der Waals surface area contributed by atoms with Crippen LogP contribution in [0, 0.1) is 5.92 Å². The van der Waals surface area contributed by atoms with Gasteiger partial charge in [0.15, 0.2) is 5.17 Å². The Hall–Kier alpha value is -1.88. The van der Waals surface area contributed by atoms with Crippen LogP contribution in [0.4, 0.5) is 0 Å². The number of aromatic nitrogens is 2. The van der Waals surface area contributed by atoms with Gasteiger partial charge in [-0.1, -0.05) is 36.4 Å². The zero-order valence-corrected chi connectivity index (χ0v) is 13.1. The lowest BCUT2D eigenvalue weighted by Crippen LogP contribution is -2.36. The van der Waals surface area contributed by atoms with E-state index in [-0.39, 0.29) is 5.54 Å². The summed E-state index contributed by atoms with van der Waals surface area (Å²) in [5.74, 6) is 1.67. The summed E-state index contributed by atoms with van der Waals surface area (Å²) in [6.45, 7) is 0. The van der Waals surface area contributed by atoms with Gasteiger partial charge in [-0.25, -0.2) is 9.97 Å². The van der Waals surface area contributed by atoms with Gasteiger partial charge in [-0.15, -0.1) is 0 Å². The molecule has 1 aromatic heterocycles. The summed E-state index contributed by atoms with van der Waals surface area (Å²) in [6, 6.07) is 8.64. The van der Waals surface area contributed by atoms with E-state index in [1.165, 1.54) is 18.4 Å². The summed E-state index contributed by atoms with van der Waals surface area (Å²) in [7, 11) is 0. The van der Waals surface area contributed by atoms with Crippen molar-refractivity contribution in [3.8, 4) is 11.1 Å². The number of amidine groups is 1. The second-order valence-electron chi connectivity index (χ2n) is 5.98. The Kier molecular flexibility index (Phi) is 3.37. The number of benzene rings is 1. The van der Waals surface area contributed by atoms with Gasteiger partial charge in [0, 0.05) is 23.7 Å². The van der Waals surface area contributed by atoms with Crippen LogP contribution in [-0.4, -0.2) is 20.9 Å². The summed E-state index contributed by atoms with van der Waals surface area (Å²) in [5.41, 5.74) is 9.39. The van der Waals surface area contributed by atoms with Crippen LogP contribution in [0.5, 0.6) is 0 Å². The topological polar surface area (TPSA) is 64.2 Å². The molecule has 1 fully saturated rings. The van der Waals surface area contributed by atoms with Crippen molar-refractivity contribution in [2.24, 2.45) is 16.6 Å². The van der Waals surface area contributed by atoms with Gasteiger partial charge in [0.25, 0.3) is 0 Å². The predicted octanol–water partition coefficient (Wildman–Crippen LogP) is 3.20. The minimum absolute atomic E-state index is 0.124. The molecule has 4 rings (SSSR count). The highest BCUT2D eigenvalue weighted by atomic mass is 32.2. The molecule has 0 amide bonds. The third kappa shape index (κ3) is 2.20. The third-order valence-corrected chi connectivity index (χ3v) is 5.74. The quantitative estimate of drug-likeness (QED) is 0.925. The van der Waals surface area contributed by atoms with Crippen molar-refractivity contribution < 1.29 is 0 Å². The number of hydrogen-bond donors (Lipinski definition) is 1. The van der Waals surface area contributed by atoms with Gasteiger partial charge < -0.3 is 5.73 Å². The van der Waals surface area contributed by atoms with Crippen LogP contribution < -0.4 is 5.73 Å². The molecule has 1 saturated carbocycles. The summed E-state index contributed by atoms with van der Waals surface area (Å²) in [4.78, 5) is 13.1. The maximum absolute atomic E-state index is 6.06. The van der Waals surface area contributed by atoms with Crippen LogP contribution >= 0.6 is 11.8 Å². The molecule has 1 aliphatic carbocycles. The number of nitrogens with two attached hydrogens (primary N) is 1. The lowest BCUT2D eigenvalue weighted by Gasteiger charge is -2.36. The number of nitrogens with zero attached hydrogens (tertiary/aromatic N) is 3. The van der Waals surface area contributed by atoms with Crippen LogP contribution in [0.3, 0.4) is 0 Å². The van der Waals surface area contributed by atoms with E-state index in [1.807, 2.05) is 12.4 Å². The van der Waals surface area contributed by atoms with Crippen LogP contribution in [0.15, 0.2) is 48.0 Å². The minimum atomic E-state index is -0.124. The molecule has 2 aromatic rings. The fourth-order valence-electron chi connectivity index (χ4n) is 3.70. The van der Waals surface area contributed by atoms with Crippen LogP contribution in [-0.2, 0) is 5.54 Å². The molecule has 2 atom stereocenters. The zero-order valence-electron chi connectivity index (χ0n) is 12.3. The molecule has 0 bridgehead atoms. The molecule has 2 N–H and O–H groups in total. The highest BCUT2D eigenvalue weighted by Crippen LogP contribution is 2.51. The van der Waals surface area contributed by atoms with Gasteiger partial charge >= 0.3 is 0 Å². The highest BCUT2D eigenvalue weighted by Gasteiger charge is 2.46. The van der Waals surface area contributed by atoms with Crippen molar-refractivity contribution in [1.29, 1.82) is 0 Å². The van der Waals surface area contributed by atoms with Crippen molar-refractivity contribution in [1.82, 2.24) is 9.97 Å². The Bertz CT molecular complexity index is 716. The Morgan fingerprint density at radius 2 is 2.05 bits per heavy atom. The predicted molar refractivity (Wildman–Crippen MR) is 90.6 cm³/mol. The summed E-state index contributed by atoms with van der Waals surface area (Å²) >= 11 is 1.70. The van der Waals surface area contributed by atoms with Crippen molar-refractivity contribution >= 4 is 16.9 Å². The fourth-order valence-corrected chi connectivity index (χ4v) is 4.75. The monoisotopic (exact) mass is 310 g/mol. The van der Waals surface area contributed by atoms with E-state index in [1.54, 1.807) is 18.1 Å². The first kappa shape index (κ1) is 13.8. The summed E-state index contributed by atoms with van der Waals surface area (Å²) in [5, 5.41) is 0.728. The molecule has 4 nitrogen and oxygen atoms in total. The number of fused-ring (bicyclic) bond motifs is 1. The number of aliphatic imine (C=N–C) groups is 1. The molecule has 1 aromatic carbocycles. The lowest BCUT2D eigenvalue weighted by molar-refractivity contribution is 0.356. The molecule has 112 valence electrons. The maximum atomic E-state index is 6.06. The number of rotatable bonds is 2. The van der Waals surface area contributed by atoms with Gasteiger partial charge in [-0.3, -0.25) is 4.99 Å². The second-order valence-corrected chi connectivity index (χ2v) is 7.02. The molecular weight excluding hydrogens is 292 g/mol. The van der Waals surface area contributed by atoms with Crippen molar-refractivity contribution in [3.63, 3.8) is 0 Å². The van der Waals surface area contributed by atoms with Gasteiger partial charge in [0.2, 0.25) is 0 Å². The molecule has 2 aliphatic rings. The molecule has 5 heteroatoms. The van der Waals surface area contributed by atoms with E-state index in [0.717, 1.165) is 28.5 Å². The maximum Gasteiger partial charge on any atom is 0.154 e. The summed E-state index contributed by atoms with van der Waals surface area (Å²) < 4.78 is 0. The second kappa shape index (κ2) is 5.39. The van der Waals surface area contributed by atoms with Crippen molar-refractivity contribution in [2.45, 2.75) is 24.8 Å². The molecule has 22 heavy (non-hydrogen) atoms. The normalized spacial score (nSPS) is 27.3. The van der Waals surface area contributed by atoms with Gasteiger partial charge in [0.05, 0.1) is 5.54 Å². The molecule has 0 spiro atoms. The van der Waals surface area contributed by atoms with E-state index in [0.29, 0.717) is 5.92 Å². The van der Waals surface area contributed by atoms with Crippen molar-refractivity contribution in [2.75, 3.05) is 5.75 Å². The van der Waals surface area contributed by atoms with E-state index >= 15 is 0 Å². The Morgan fingerprint density at radius 3 is 2.91 bits per heavy atom. The largest absolute Gasteiger partial charge is 0.379 e. The zero-order chi connectivity index (χ0) is 15.0. The highest BCUT2D eigenvalue weighted by molar-refractivity contribution is 8.13. The van der Waals surface area contributed by atoms with Crippen molar-refractivity contribution in [3.05, 3.63) is 48.5 Å². The van der Waals surface area contributed by atoms with Crippen LogP contribution in [0.25, 0.3) is 11.1 Å². The first-order valence-corrected chi connectivity index (χ1v) is 8.60. The van der Waals surface area contributed by atoms with E-state index in [9.17, 15) is 0 Å². The molecule has 2 heterocycles. The third-order valence-electron chi connectivity index (χ3n) is 4.78. The Morgan fingerprint density at radius 1 is 1.18 bits per heavy atom. The molecule has 1 unspecified atom stereocenters. The van der Waals surface area contributed by atoms with E-state index < -0.39 is 0 Å².